The van der Waals surface area contributed by atoms with Crippen LogP contribution in [0.2, 0.25) is 0 Å². The van der Waals surface area contributed by atoms with Gasteiger partial charge in [0.1, 0.15) is 0 Å². The van der Waals surface area contributed by atoms with Gasteiger partial charge in [0, 0.05) is 11.1 Å². The highest BCUT2D eigenvalue weighted by Crippen LogP contribution is 2.41. The van der Waals surface area contributed by atoms with E-state index in [2.05, 4.69) is 51.3 Å². The molecule has 2 fully saturated rings. The molecule has 0 radical (unpaired) electrons. The minimum absolute atomic E-state index is 0.173. The van der Waals surface area contributed by atoms with Gasteiger partial charge >= 0.3 is 0 Å². The highest BCUT2D eigenvalue weighted by atomic mass is 15.2. The zero-order chi connectivity index (χ0) is 16.4. The molecule has 128 valence electrons. The van der Waals surface area contributed by atoms with Crippen LogP contribution in [0.3, 0.4) is 0 Å². The maximum atomic E-state index is 2.75. The van der Waals surface area contributed by atoms with Crippen molar-refractivity contribution in [1.82, 2.24) is 9.80 Å². The molecule has 2 aliphatic heterocycles. The number of hydrogen-bond acceptors (Lipinski definition) is 2. The van der Waals surface area contributed by atoms with Crippen molar-refractivity contribution >= 4 is 0 Å². The van der Waals surface area contributed by atoms with Gasteiger partial charge in [-0.05, 0) is 98.5 Å². The van der Waals surface area contributed by atoms with Crippen LogP contribution in [0.4, 0.5) is 0 Å². The fraction of sp³-hybridized carbons (Fsp3) is 0.900. The van der Waals surface area contributed by atoms with Gasteiger partial charge in [-0.3, -0.25) is 9.80 Å². The van der Waals surface area contributed by atoms with Crippen LogP contribution in [0.5, 0.6) is 0 Å². The van der Waals surface area contributed by atoms with Crippen molar-refractivity contribution in [3.8, 4) is 0 Å². The first-order valence-corrected chi connectivity index (χ1v) is 9.52. The van der Waals surface area contributed by atoms with E-state index in [0.29, 0.717) is 0 Å². The Hall–Kier alpha value is -0.340. The molecule has 0 saturated carbocycles. The second-order valence-electron chi connectivity index (χ2n) is 8.37. The summed E-state index contributed by atoms with van der Waals surface area (Å²) >= 11 is 0. The molecule has 22 heavy (non-hydrogen) atoms. The van der Waals surface area contributed by atoms with Crippen molar-refractivity contribution in [2.24, 2.45) is 0 Å². The van der Waals surface area contributed by atoms with Crippen LogP contribution >= 0.6 is 0 Å². The molecule has 0 spiro atoms. The molecular formula is C20H38N2. The first kappa shape index (κ1) is 18.0. The molecule has 2 saturated heterocycles. The van der Waals surface area contributed by atoms with Crippen molar-refractivity contribution in [3.63, 3.8) is 0 Å². The van der Waals surface area contributed by atoms with Crippen LogP contribution in [0.25, 0.3) is 0 Å². The number of allylic oxidation sites excluding steroid dienone is 1. The Morgan fingerprint density at radius 3 is 1.45 bits per heavy atom. The molecule has 2 rings (SSSR count). The van der Waals surface area contributed by atoms with E-state index >= 15 is 0 Å². The number of nitrogens with zero attached hydrogens (tertiary/aromatic N) is 2. The molecule has 2 heteroatoms. The maximum absolute atomic E-state index is 2.75. The van der Waals surface area contributed by atoms with Gasteiger partial charge in [0.15, 0.2) is 0 Å². The van der Waals surface area contributed by atoms with Crippen molar-refractivity contribution < 1.29 is 0 Å². The van der Waals surface area contributed by atoms with Crippen LogP contribution in [0.15, 0.2) is 11.1 Å². The Labute approximate surface area is 138 Å². The van der Waals surface area contributed by atoms with Gasteiger partial charge in [0.25, 0.3) is 0 Å². The molecule has 0 bridgehead atoms. The fourth-order valence-electron chi connectivity index (χ4n) is 5.02. The largest absolute Gasteiger partial charge is 0.294 e. The van der Waals surface area contributed by atoms with Gasteiger partial charge in [-0.15, -0.1) is 0 Å². The first-order chi connectivity index (χ1) is 10.3. The van der Waals surface area contributed by atoms with Crippen molar-refractivity contribution in [2.75, 3.05) is 26.2 Å². The molecule has 0 amide bonds. The third kappa shape index (κ3) is 3.43. The van der Waals surface area contributed by atoms with Crippen molar-refractivity contribution in [1.29, 1.82) is 0 Å². The van der Waals surface area contributed by atoms with Gasteiger partial charge in [-0.1, -0.05) is 18.9 Å². The molecule has 2 nitrogen and oxygen atoms in total. The van der Waals surface area contributed by atoms with Gasteiger partial charge in [0.05, 0.1) is 0 Å². The summed E-state index contributed by atoms with van der Waals surface area (Å²) in [6.07, 6.45) is 8.05. The molecular weight excluding hydrogens is 268 g/mol. The standard InChI is InChI=1S/C20H38N2/c1-7-17(2)18(20(5,6)22-15-11-12-16-22)19(3,4)21-13-9-8-10-14-21/h7-16H2,1-6H3/b18-17-. The van der Waals surface area contributed by atoms with Crippen molar-refractivity contribution in [3.05, 3.63) is 11.1 Å². The van der Waals surface area contributed by atoms with Gasteiger partial charge in [-0.2, -0.15) is 0 Å². The monoisotopic (exact) mass is 306 g/mol. The van der Waals surface area contributed by atoms with E-state index in [4.69, 9.17) is 0 Å². The molecule has 0 unspecified atom stereocenters. The fourth-order valence-corrected chi connectivity index (χ4v) is 5.02. The summed E-state index contributed by atoms with van der Waals surface area (Å²) in [5, 5.41) is 0. The SMILES string of the molecule is CC/C(C)=C(/C(C)(C)N1CCCCC1)C(C)(C)N1CCCC1. The Kier molecular flexibility index (Phi) is 5.77. The molecule has 0 aliphatic carbocycles. The second kappa shape index (κ2) is 7.05. The van der Waals surface area contributed by atoms with Gasteiger partial charge in [0.2, 0.25) is 0 Å². The zero-order valence-corrected chi connectivity index (χ0v) is 16.0. The molecule has 0 aromatic heterocycles. The summed E-state index contributed by atoms with van der Waals surface area (Å²) in [6, 6.07) is 0. The highest BCUT2D eigenvalue weighted by Gasteiger charge is 2.43. The van der Waals surface area contributed by atoms with Crippen molar-refractivity contribution in [2.45, 2.75) is 91.1 Å². The van der Waals surface area contributed by atoms with Gasteiger partial charge < -0.3 is 0 Å². The Morgan fingerprint density at radius 2 is 1.09 bits per heavy atom. The minimum atomic E-state index is 0.173. The Morgan fingerprint density at radius 1 is 0.727 bits per heavy atom. The Balaban J connectivity index is 2.37. The van der Waals surface area contributed by atoms with Crippen LogP contribution in [0, 0.1) is 0 Å². The van der Waals surface area contributed by atoms with E-state index in [0.717, 1.165) is 0 Å². The lowest BCUT2D eigenvalue weighted by Gasteiger charge is -2.51. The molecule has 0 aromatic carbocycles. The molecule has 0 N–H and O–H groups in total. The first-order valence-electron chi connectivity index (χ1n) is 9.52. The molecule has 0 aromatic rings. The summed E-state index contributed by atoms with van der Waals surface area (Å²) in [4.78, 5) is 5.48. The van der Waals surface area contributed by atoms with Crippen LogP contribution < -0.4 is 0 Å². The Bertz CT molecular complexity index is 394. The minimum Gasteiger partial charge on any atom is -0.294 e. The van der Waals surface area contributed by atoms with E-state index in [9.17, 15) is 0 Å². The normalized spacial score (nSPS) is 23.7. The summed E-state index contributed by atoms with van der Waals surface area (Å²) in [7, 11) is 0. The zero-order valence-electron chi connectivity index (χ0n) is 16.0. The topological polar surface area (TPSA) is 6.48 Å². The van der Waals surface area contributed by atoms with Crippen LogP contribution in [-0.2, 0) is 0 Å². The lowest BCUT2D eigenvalue weighted by Crippen LogP contribution is -2.57. The van der Waals surface area contributed by atoms with E-state index in [-0.39, 0.29) is 11.1 Å². The van der Waals surface area contributed by atoms with Gasteiger partial charge in [-0.25, -0.2) is 0 Å². The van der Waals surface area contributed by atoms with Crippen LogP contribution in [0.1, 0.15) is 80.1 Å². The van der Waals surface area contributed by atoms with E-state index < -0.39 is 0 Å². The second-order valence-corrected chi connectivity index (χ2v) is 8.37. The molecule has 2 aliphatic rings. The number of piperidine rings is 1. The summed E-state index contributed by atoms with van der Waals surface area (Å²) in [6.45, 7) is 19.7. The highest BCUT2D eigenvalue weighted by molar-refractivity contribution is 5.34. The predicted octanol–water partition coefficient (Wildman–Crippen LogP) is 4.85. The predicted molar refractivity (Wildman–Crippen MR) is 97.4 cm³/mol. The van der Waals surface area contributed by atoms with Crippen LogP contribution in [-0.4, -0.2) is 47.1 Å². The average Bonchev–Trinajstić information content (AvgIpc) is 3.02. The average molecular weight is 307 g/mol. The molecule has 0 atom stereocenters. The third-order valence-corrected chi connectivity index (χ3v) is 6.22. The number of likely N-dealkylation sites (tertiary alicyclic amines) is 2. The van der Waals surface area contributed by atoms with E-state index in [1.54, 1.807) is 11.1 Å². The molecule has 2 heterocycles. The lowest BCUT2D eigenvalue weighted by atomic mass is 9.74. The number of rotatable bonds is 5. The van der Waals surface area contributed by atoms with E-state index in [1.807, 2.05) is 0 Å². The summed E-state index contributed by atoms with van der Waals surface area (Å²) in [5.41, 5.74) is 3.64. The maximum Gasteiger partial charge on any atom is 0.0384 e. The lowest BCUT2D eigenvalue weighted by molar-refractivity contribution is 0.0839. The third-order valence-electron chi connectivity index (χ3n) is 6.22. The summed E-state index contributed by atoms with van der Waals surface area (Å²) in [5.74, 6) is 0. The quantitative estimate of drug-likeness (QED) is 0.670. The van der Waals surface area contributed by atoms with E-state index in [1.165, 1.54) is 64.7 Å². The summed E-state index contributed by atoms with van der Waals surface area (Å²) < 4.78 is 0. The smallest absolute Gasteiger partial charge is 0.0384 e. The number of hydrogen-bond donors (Lipinski definition) is 0.